The fourth-order valence-electron chi connectivity index (χ4n) is 1.31. The molecule has 0 unspecified atom stereocenters. The first-order valence-electron chi connectivity index (χ1n) is 4.74. The van der Waals surface area contributed by atoms with Crippen LogP contribution in [0.15, 0.2) is 30.3 Å². The summed E-state index contributed by atoms with van der Waals surface area (Å²) < 4.78 is 50.2. The van der Waals surface area contributed by atoms with Crippen LogP contribution in [0, 0.1) is 5.82 Å². The minimum Gasteiger partial charge on any atom is -0.224 e. The van der Waals surface area contributed by atoms with Crippen LogP contribution in [0.5, 0.6) is 0 Å². The van der Waals surface area contributed by atoms with Gasteiger partial charge in [0.25, 0.3) is 0 Å². The molecule has 0 N–H and O–H groups in total. The van der Waals surface area contributed by atoms with Crippen molar-refractivity contribution in [2.45, 2.75) is 6.18 Å². The fraction of sp³-hybridized carbons (Fsp3) is 0.0909. The molecule has 7 heteroatoms. The molecule has 0 radical (unpaired) electrons. The summed E-state index contributed by atoms with van der Waals surface area (Å²) in [6, 6.07) is 6.06. The van der Waals surface area contributed by atoms with E-state index in [1.54, 1.807) is 0 Å². The van der Waals surface area contributed by atoms with Crippen molar-refractivity contribution in [2.24, 2.45) is 0 Å². The van der Waals surface area contributed by atoms with Crippen LogP contribution >= 0.6 is 11.6 Å². The van der Waals surface area contributed by atoms with Gasteiger partial charge in [0, 0.05) is 11.6 Å². The topological polar surface area (TPSA) is 25.8 Å². The molecule has 2 rings (SSSR count). The maximum absolute atomic E-state index is 12.7. The van der Waals surface area contributed by atoms with Crippen LogP contribution in [0.1, 0.15) is 5.82 Å². The number of halogens is 5. The van der Waals surface area contributed by atoms with Crippen molar-refractivity contribution in [3.05, 3.63) is 47.1 Å². The molecule has 18 heavy (non-hydrogen) atoms. The van der Waals surface area contributed by atoms with Crippen LogP contribution < -0.4 is 0 Å². The molecule has 0 fully saturated rings. The third-order valence-electron chi connectivity index (χ3n) is 2.09. The summed E-state index contributed by atoms with van der Waals surface area (Å²) in [5, 5.41) is -0.323. The number of hydrogen-bond acceptors (Lipinski definition) is 2. The minimum atomic E-state index is -4.68. The second kappa shape index (κ2) is 4.53. The van der Waals surface area contributed by atoms with E-state index in [1.807, 2.05) is 0 Å². The summed E-state index contributed by atoms with van der Waals surface area (Å²) in [6.45, 7) is 0. The molecule has 2 nitrogen and oxygen atoms in total. The molecule has 0 saturated carbocycles. The Morgan fingerprint density at radius 2 is 1.61 bits per heavy atom. The molecular formula is C11H5ClF4N2. The average molecular weight is 277 g/mol. The summed E-state index contributed by atoms with van der Waals surface area (Å²) >= 11 is 5.51. The average Bonchev–Trinajstić information content (AvgIpc) is 2.28. The summed E-state index contributed by atoms with van der Waals surface area (Å²) in [6.07, 6.45) is -4.68. The minimum absolute atomic E-state index is 0.0117. The van der Waals surface area contributed by atoms with Gasteiger partial charge < -0.3 is 0 Å². The molecule has 0 saturated heterocycles. The highest BCUT2D eigenvalue weighted by Gasteiger charge is 2.35. The van der Waals surface area contributed by atoms with Crippen molar-refractivity contribution < 1.29 is 17.6 Å². The largest absolute Gasteiger partial charge is 0.451 e. The Kier molecular flexibility index (Phi) is 3.21. The van der Waals surface area contributed by atoms with Gasteiger partial charge in [0.05, 0.1) is 5.69 Å². The summed E-state index contributed by atoms with van der Waals surface area (Å²) in [5.74, 6) is -1.82. The Morgan fingerprint density at radius 3 is 2.17 bits per heavy atom. The lowest BCUT2D eigenvalue weighted by Gasteiger charge is -2.07. The Balaban J connectivity index is 2.52. The van der Waals surface area contributed by atoms with Gasteiger partial charge in [0.15, 0.2) is 0 Å². The molecule has 0 aliphatic carbocycles. The summed E-state index contributed by atoms with van der Waals surface area (Å²) in [5.41, 5.74) is 0.313. The number of rotatable bonds is 1. The van der Waals surface area contributed by atoms with Gasteiger partial charge in [-0.25, -0.2) is 14.4 Å². The molecule has 1 aromatic carbocycles. The first kappa shape index (κ1) is 12.8. The van der Waals surface area contributed by atoms with Crippen molar-refractivity contribution in [3.63, 3.8) is 0 Å². The predicted octanol–water partition coefficient (Wildman–Crippen LogP) is 3.95. The van der Waals surface area contributed by atoms with Crippen molar-refractivity contribution in [2.75, 3.05) is 0 Å². The van der Waals surface area contributed by atoms with Gasteiger partial charge in [-0.15, -0.1) is 0 Å². The molecule has 2 aromatic rings. The maximum atomic E-state index is 12.7. The van der Waals surface area contributed by atoms with Gasteiger partial charge in [-0.05, 0) is 24.3 Å². The fourth-order valence-corrected chi connectivity index (χ4v) is 1.50. The van der Waals surface area contributed by atoms with Gasteiger partial charge in [0.2, 0.25) is 5.82 Å². The van der Waals surface area contributed by atoms with Crippen molar-refractivity contribution in [3.8, 4) is 11.3 Å². The van der Waals surface area contributed by atoms with Gasteiger partial charge in [-0.2, -0.15) is 13.2 Å². The van der Waals surface area contributed by atoms with Gasteiger partial charge in [-0.3, -0.25) is 0 Å². The van der Waals surface area contributed by atoms with Crippen LogP contribution in [0.4, 0.5) is 17.6 Å². The highest BCUT2D eigenvalue weighted by molar-refractivity contribution is 6.29. The predicted molar refractivity (Wildman–Crippen MR) is 57.4 cm³/mol. The lowest BCUT2D eigenvalue weighted by Crippen LogP contribution is -2.11. The monoisotopic (exact) mass is 276 g/mol. The molecule has 0 spiro atoms. The molecule has 1 heterocycles. The lowest BCUT2D eigenvalue weighted by atomic mass is 10.1. The summed E-state index contributed by atoms with van der Waals surface area (Å²) in [7, 11) is 0. The first-order chi connectivity index (χ1) is 8.36. The van der Waals surface area contributed by atoms with E-state index < -0.39 is 17.8 Å². The van der Waals surface area contributed by atoms with Crippen LogP contribution in [0.2, 0.25) is 5.15 Å². The SMILES string of the molecule is Fc1ccc(-c2cc(Cl)nc(C(F)(F)F)n2)cc1. The van der Waals surface area contributed by atoms with Gasteiger partial charge in [-0.1, -0.05) is 11.6 Å². The summed E-state index contributed by atoms with van der Waals surface area (Å²) in [4.78, 5) is 6.47. The van der Waals surface area contributed by atoms with Crippen molar-refractivity contribution in [1.29, 1.82) is 0 Å². The van der Waals surface area contributed by atoms with Crippen LogP contribution in [0.3, 0.4) is 0 Å². The number of nitrogens with zero attached hydrogens (tertiary/aromatic N) is 2. The smallest absolute Gasteiger partial charge is 0.224 e. The zero-order chi connectivity index (χ0) is 13.3. The highest BCUT2D eigenvalue weighted by Crippen LogP contribution is 2.29. The van der Waals surface area contributed by atoms with Crippen LogP contribution in [-0.4, -0.2) is 9.97 Å². The number of hydrogen-bond donors (Lipinski definition) is 0. The Labute approximate surface area is 104 Å². The highest BCUT2D eigenvalue weighted by atomic mass is 35.5. The third-order valence-corrected chi connectivity index (χ3v) is 2.28. The van der Waals surface area contributed by atoms with E-state index >= 15 is 0 Å². The van der Waals surface area contributed by atoms with Crippen molar-refractivity contribution >= 4 is 11.6 Å². The quantitative estimate of drug-likeness (QED) is 0.582. The molecule has 0 aliphatic heterocycles. The second-order valence-electron chi connectivity index (χ2n) is 3.40. The maximum Gasteiger partial charge on any atom is 0.451 e. The molecule has 0 amide bonds. The number of alkyl halides is 3. The Bertz CT molecular complexity index is 566. The van der Waals surface area contributed by atoms with E-state index in [9.17, 15) is 17.6 Å². The van der Waals surface area contributed by atoms with Crippen LogP contribution in [0.25, 0.3) is 11.3 Å². The lowest BCUT2D eigenvalue weighted by molar-refractivity contribution is -0.144. The van der Waals surface area contributed by atoms with E-state index in [1.165, 1.54) is 18.2 Å². The van der Waals surface area contributed by atoms with E-state index in [4.69, 9.17) is 11.6 Å². The molecule has 0 bridgehead atoms. The molecule has 1 aromatic heterocycles. The van der Waals surface area contributed by atoms with Crippen molar-refractivity contribution in [1.82, 2.24) is 9.97 Å². The zero-order valence-corrected chi connectivity index (χ0v) is 9.43. The van der Waals surface area contributed by atoms with Gasteiger partial charge in [0.1, 0.15) is 11.0 Å². The standard InChI is InChI=1S/C11H5ClF4N2/c12-9-5-8(6-1-3-7(13)4-2-6)17-10(18-9)11(14,15)16/h1-5H. The Hall–Kier alpha value is -1.69. The van der Waals surface area contributed by atoms with E-state index in [2.05, 4.69) is 9.97 Å². The Morgan fingerprint density at radius 1 is 1.00 bits per heavy atom. The van der Waals surface area contributed by atoms with Crippen LogP contribution in [-0.2, 0) is 6.18 Å². The van der Waals surface area contributed by atoms with E-state index in [0.717, 1.165) is 12.1 Å². The number of aromatic nitrogens is 2. The second-order valence-corrected chi connectivity index (χ2v) is 3.79. The number of benzene rings is 1. The van der Waals surface area contributed by atoms with E-state index in [0.29, 0.717) is 5.56 Å². The first-order valence-corrected chi connectivity index (χ1v) is 5.12. The third kappa shape index (κ3) is 2.76. The molecule has 0 aliphatic rings. The van der Waals surface area contributed by atoms with E-state index in [-0.39, 0.29) is 10.8 Å². The molecule has 94 valence electrons. The molecule has 0 atom stereocenters. The normalized spacial score (nSPS) is 11.6. The zero-order valence-electron chi connectivity index (χ0n) is 8.67. The molecular weight excluding hydrogens is 272 g/mol. The van der Waals surface area contributed by atoms with Gasteiger partial charge >= 0.3 is 6.18 Å².